The molecule has 1 aromatic rings. The van der Waals surface area contributed by atoms with Gasteiger partial charge in [-0.2, -0.15) is 0 Å². The molecule has 0 bridgehead atoms. The van der Waals surface area contributed by atoms with Crippen molar-refractivity contribution in [1.82, 2.24) is 0 Å². The first-order valence-corrected chi connectivity index (χ1v) is 6.64. The van der Waals surface area contributed by atoms with Crippen molar-refractivity contribution in [2.45, 2.75) is 12.3 Å². The predicted octanol–water partition coefficient (Wildman–Crippen LogP) is 2.70. The Hall–Kier alpha value is -1.06. The van der Waals surface area contributed by atoms with Crippen LogP contribution in [0.2, 0.25) is 0 Å². The minimum absolute atomic E-state index is 0.0280. The minimum atomic E-state index is -0.580. The number of carbonyl (C=O) groups excluding carboxylic acids is 2. The van der Waals surface area contributed by atoms with Crippen molar-refractivity contribution in [2.24, 2.45) is 5.92 Å². The van der Waals surface area contributed by atoms with Gasteiger partial charge in [0.25, 0.3) is 0 Å². The fourth-order valence-electron chi connectivity index (χ4n) is 2.02. The predicted molar refractivity (Wildman–Crippen MR) is 72.7 cm³/mol. The molecule has 1 aromatic carbocycles. The molecule has 1 aliphatic rings. The molecule has 1 saturated heterocycles. The second-order valence-corrected chi connectivity index (χ2v) is 5.15. The molecule has 18 heavy (non-hydrogen) atoms. The highest BCUT2D eigenvalue weighted by Crippen LogP contribution is 2.29. The standard InChI is InChI=1S/C13H13Cl2NO2/c1-8(17)9-3-2-4-11(5-9)16-7-10(6-14)12(15)13(16)18/h2-5,10,12H,6-7H2,1H3. The van der Waals surface area contributed by atoms with Crippen LogP contribution in [-0.4, -0.2) is 29.5 Å². The van der Waals surface area contributed by atoms with Gasteiger partial charge in [-0.15, -0.1) is 23.2 Å². The van der Waals surface area contributed by atoms with E-state index in [0.29, 0.717) is 23.7 Å². The monoisotopic (exact) mass is 285 g/mol. The Balaban J connectivity index is 2.30. The van der Waals surface area contributed by atoms with E-state index in [9.17, 15) is 9.59 Å². The topological polar surface area (TPSA) is 37.4 Å². The Kier molecular flexibility index (Phi) is 3.93. The molecular weight excluding hydrogens is 273 g/mol. The summed E-state index contributed by atoms with van der Waals surface area (Å²) >= 11 is 11.8. The molecule has 0 aromatic heterocycles. The van der Waals surface area contributed by atoms with Gasteiger partial charge in [-0.05, 0) is 19.1 Å². The summed E-state index contributed by atoms with van der Waals surface area (Å²) in [4.78, 5) is 24.9. The molecule has 96 valence electrons. The molecule has 0 spiro atoms. The van der Waals surface area contributed by atoms with E-state index in [-0.39, 0.29) is 17.6 Å². The third-order valence-electron chi connectivity index (χ3n) is 3.10. The Morgan fingerprint density at radius 3 is 2.78 bits per heavy atom. The summed E-state index contributed by atoms with van der Waals surface area (Å²) in [7, 11) is 0. The van der Waals surface area contributed by atoms with Gasteiger partial charge in [0.2, 0.25) is 5.91 Å². The van der Waals surface area contributed by atoms with E-state index in [4.69, 9.17) is 23.2 Å². The van der Waals surface area contributed by atoms with E-state index in [2.05, 4.69) is 0 Å². The van der Waals surface area contributed by atoms with Crippen LogP contribution in [-0.2, 0) is 4.79 Å². The van der Waals surface area contributed by atoms with E-state index in [1.165, 1.54) is 6.92 Å². The number of benzene rings is 1. The normalized spacial score (nSPS) is 23.5. The molecule has 0 aliphatic carbocycles. The quantitative estimate of drug-likeness (QED) is 0.633. The average Bonchev–Trinajstić information content (AvgIpc) is 2.66. The zero-order chi connectivity index (χ0) is 13.3. The number of amides is 1. The molecule has 3 nitrogen and oxygen atoms in total. The van der Waals surface area contributed by atoms with Gasteiger partial charge in [0.05, 0.1) is 0 Å². The summed E-state index contributed by atoms with van der Waals surface area (Å²) in [5.41, 5.74) is 1.28. The Bertz CT molecular complexity index is 490. The highest BCUT2D eigenvalue weighted by atomic mass is 35.5. The summed E-state index contributed by atoms with van der Waals surface area (Å²) in [5.74, 6) is 0.118. The van der Waals surface area contributed by atoms with Crippen LogP contribution in [0, 0.1) is 5.92 Å². The Morgan fingerprint density at radius 1 is 1.50 bits per heavy atom. The minimum Gasteiger partial charge on any atom is -0.311 e. The molecule has 0 saturated carbocycles. The van der Waals surface area contributed by atoms with Crippen molar-refractivity contribution in [1.29, 1.82) is 0 Å². The van der Waals surface area contributed by atoms with Crippen LogP contribution in [0.15, 0.2) is 24.3 Å². The van der Waals surface area contributed by atoms with Crippen LogP contribution >= 0.6 is 23.2 Å². The number of alkyl halides is 2. The maximum Gasteiger partial charge on any atom is 0.245 e. The first-order chi connectivity index (χ1) is 8.54. The number of carbonyl (C=O) groups is 2. The van der Waals surface area contributed by atoms with Crippen LogP contribution < -0.4 is 4.90 Å². The summed E-state index contributed by atoms with van der Waals surface area (Å²) in [6.07, 6.45) is 0. The molecular formula is C13H13Cl2NO2. The average molecular weight is 286 g/mol. The maximum absolute atomic E-state index is 12.0. The van der Waals surface area contributed by atoms with Crippen molar-refractivity contribution in [3.05, 3.63) is 29.8 Å². The number of Topliss-reactive ketones (excluding diaryl/α,β-unsaturated/α-hetero) is 1. The van der Waals surface area contributed by atoms with Gasteiger partial charge in [-0.25, -0.2) is 0 Å². The number of rotatable bonds is 3. The number of halogens is 2. The second-order valence-electron chi connectivity index (χ2n) is 4.37. The lowest BCUT2D eigenvalue weighted by Gasteiger charge is -2.16. The van der Waals surface area contributed by atoms with E-state index in [1.807, 2.05) is 0 Å². The van der Waals surface area contributed by atoms with E-state index < -0.39 is 5.38 Å². The van der Waals surface area contributed by atoms with Gasteiger partial charge in [0.15, 0.2) is 5.78 Å². The SMILES string of the molecule is CC(=O)c1cccc(N2CC(CCl)C(Cl)C2=O)c1. The van der Waals surface area contributed by atoms with Crippen LogP contribution in [0.3, 0.4) is 0 Å². The van der Waals surface area contributed by atoms with Gasteiger partial charge >= 0.3 is 0 Å². The molecule has 1 fully saturated rings. The van der Waals surface area contributed by atoms with Crippen molar-refractivity contribution >= 4 is 40.6 Å². The van der Waals surface area contributed by atoms with E-state index in [0.717, 1.165) is 0 Å². The van der Waals surface area contributed by atoms with Crippen LogP contribution in [0.5, 0.6) is 0 Å². The van der Waals surface area contributed by atoms with Crippen LogP contribution in [0.4, 0.5) is 5.69 Å². The Morgan fingerprint density at radius 2 is 2.22 bits per heavy atom. The molecule has 2 rings (SSSR count). The van der Waals surface area contributed by atoms with Crippen molar-refractivity contribution in [2.75, 3.05) is 17.3 Å². The number of nitrogens with zero attached hydrogens (tertiary/aromatic N) is 1. The van der Waals surface area contributed by atoms with Crippen LogP contribution in [0.1, 0.15) is 17.3 Å². The lowest BCUT2D eigenvalue weighted by Crippen LogP contribution is -2.27. The van der Waals surface area contributed by atoms with E-state index in [1.54, 1.807) is 29.2 Å². The molecule has 1 aliphatic heterocycles. The van der Waals surface area contributed by atoms with Crippen LogP contribution in [0.25, 0.3) is 0 Å². The maximum atomic E-state index is 12.0. The van der Waals surface area contributed by atoms with Gasteiger partial charge < -0.3 is 4.90 Å². The van der Waals surface area contributed by atoms with Gasteiger partial charge in [0, 0.05) is 29.6 Å². The van der Waals surface area contributed by atoms with Crippen molar-refractivity contribution in [3.8, 4) is 0 Å². The second kappa shape index (κ2) is 5.29. The molecule has 2 unspecified atom stereocenters. The summed E-state index contributed by atoms with van der Waals surface area (Å²) in [6.45, 7) is 1.99. The third-order valence-corrected chi connectivity index (χ3v) is 4.03. The largest absolute Gasteiger partial charge is 0.311 e. The molecule has 1 amide bonds. The first kappa shape index (κ1) is 13.4. The lowest BCUT2D eigenvalue weighted by molar-refractivity contribution is -0.117. The zero-order valence-electron chi connectivity index (χ0n) is 9.90. The van der Waals surface area contributed by atoms with Gasteiger partial charge in [-0.3, -0.25) is 9.59 Å². The Labute approximate surface area is 116 Å². The van der Waals surface area contributed by atoms with Crippen molar-refractivity contribution in [3.63, 3.8) is 0 Å². The van der Waals surface area contributed by atoms with Gasteiger partial charge in [0.1, 0.15) is 5.38 Å². The molecule has 0 N–H and O–H groups in total. The fraction of sp³-hybridized carbons (Fsp3) is 0.385. The third kappa shape index (κ3) is 2.38. The molecule has 1 heterocycles. The molecule has 0 radical (unpaired) electrons. The van der Waals surface area contributed by atoms with Crippen molar-refractivity contribution < 1.29 is 9.59 Å². The van der Waals surface area contributed by atoms with Gasteiger partial charge in [-0.1, -0.05) is 12.1 Å². The van der Waals surface area contributed by atoms with E-state index >= 15 is 0 Å². The number of ketones is 1. The first-order valence-electron chi connectivity index (χ1n) is 5.67. The molecule has 2 atom stereocenters. The fourth-order valence-corrected chi connectivity index (χ4v) is 2.67. The zero-order valence-corrected chi connectivity index (χ0v) is 11.4. The smallest absolute Gasteiger partial charge is 0.245 e. The highest BCUT2D eigenvalue weighted by Gasteiger charge is 2.39. The number of hydrogen-bond acceptors (Lipinski definition) is 2. The summed E-state index contributed by atoms with van der Waals surface area (Å²) in [6, 6.07) is 6.99. The lowest BCUT2D eigenvalue weighted by atomic mass is 10.1. The number of anilines is 1. The molecule has 5 heteroatoms. The summed E-state index contributed by atoms with van der Waals surface area (Å²) < 4.78 is 0. The number of hydrogen-bond donors (Lipinski definition) is 0. The highest BCUT2D eigenvalue weighted by molar-refractivity contribution is 6.34. The summed E-state index contributed by atoms with van der Waals surface area (Å²) in [5, 5.41) is -0.580.